The number of likely N-dealkylation sites (tertiary alicyclic amines) is 1. The third kappa shape index (κ3) is 4.90. The van der Waals surface area contributed by atoms with E-state index in [1.54, 1.807) is 7.05 Å². The lowest BCUT2D eigenvalue weighted by atomic mass is 9.97. The summed E-state index contributed by atoms with van der Waals surface area (Å²) in [5.74, 6) is 1.75. The summed E-state index contributed by atoms with van der Waals surface area (Å²) in [6, 6.07) is 10.1. The number of halogens is 1. The summed E-state index contributed by atoms with van der Waals surface area (Å²) in [5.41, 5.74) is 0.923. The molecule has 7 heteroatoms. The molecular weight excluding hydrogens is 445 g/mol. The highest BCUT2D eigenvalue weighted by atomic mass is 127. The number of nitrogens with zero attached hydrogens (tertiary/aromatic N) is 2. The summed E-state index contributed by atoms with van der Waals surface area (Å²) in [5, 5.41) is 4.52. The number of esters is 1. The maximum absolute atomic E-state index is 11.6. The Kier molecular flexibility index (Phi) is 7.74. The van der Waals surface area contributed by atoms with E-state index < -0.39 is 0 Å². The molecule has 1 aliphatic heterocycles. The quantitative estimate of drug-likeness (QED) is 0.322. The van der Waals surface area contributed by atoms with E-state index in [9.17, 15) is 4.79 Å². The molecule has 0 saturated carbocycles. The molecule has 0 radical (unpaired) electrons. The van der Waals surface area contributed by atoms with Gasteiger partial charge in [0.1, 0.15) is 11.3 Å². The van der Waals surface area contributed by atoms with Gasteiger partial charge in [0, 0.05) is 38.5 Å². The number of hydrogen-bond donors (Lipinski definition) is 1. The van der Waals surface area contributed by atoms with Crippen molar-refractivity contribution in [1.29, 1.82) is 0 Å². The van der Waals surface area contributed by atoms with Gasteiger partial charge in [-0.25, -0.2) is 0 Å². The van der Waals surface area contributed by atoms with Gasteiger partial charge in [0.05, 0.1) is 13.0 Å². The SMILES string of the molecule is CN=C(NCCc1cc2ccccc2o1)N1CCC(C(=O)OC)CC1.I. The van der Waals surface area contributed by atoms with Gasteiger partial charge in [0.15, 0.2) is 5.96 Å². The molecule has 3 rings (SSSR count). The maximum Gasteiger partial charge on any atom is 0.308 e. The predicted octanol–water partition coefficient (Wildman–Crippen LogP) is 3.05. The summed E-state index contributed by atoms with van der Waals surface area (Å²) in [6.45, 7) is 2.37. The highest BCUT2D eigenvalue weighted by Gasteiger charge is 2.26. The zero-order valence-corrected chi connectivity index (χ0v) is 17.6. The fourth-order valence-electron chi connectivity index (χ4n) is 3.28. The number of methoxy groups -OCH3 is 1. The van der Waals surface area contributed by atoms with Crippen LogP contribution in [0.1, 0.15) is 18.6 Å². The van der Waals surface area contributed by atoms with E-state index in [0.29, 0.717) is 0 Å². The Morgan fingerprint density at radius 2 is 2.08 bits per heavy atom. The van der Waals surface area contributed by atoms with Crippen molar-refractivity contribution >= 4 is 46.9 Å². The average Bonchev–Trinajstić information content (AvgIpc) is 3.07. The van der Waals surface area contributed by atoms with Crippen molar-refractivity contribution in [3.8, 4) is 0 Å². The van der Waals surface area contributed by atoms with Gasteiger partial charge in [-0.3, -0.25) is 9.79 Å². The molecular formula is C19H26IN3O3. The number of benzene rings is 1. The first kappa shape index (κ1) is 20.5. The number of para-hydroxylation sites is 1. The third-order valence-corrected chi connectivity index (χ3v) is 4.67. The first-order chi connectivity index (χ1) is 12.2. The minimum absolute atomic E-state index is 0. The zero-order chi connectivity index (χ0) is 17.6. The van der Waals surface area contributed by atoms with Gasteiger partial charge >= 0.3 is 5.97 Å². The number of piperidine rings is 1. The molecule has 0 unspecified atom stereocenters. The minimum Gasteiger partial charge on any atom is -0.469 e. The highest BCUT2D eigenvalue weighted by Crippen LogP contribution is 2.20. The number of aliphatic imine (C=N–C) groups is 1. The van der Waals surface area contributed by atoms with Crippen molar-refractivity contribution < 1.29 is 13.9 Å². The van der Waals surface area contributed by atoms with E-state index in [1.807, 2.05) is 18.2 Å². The van der Waals surface area contributed by atoms with Crippen molar-refractivity contribution in [2.24, 2.45) is 10.9 Å². The summed E-state index contributed by atoms with van der Waals surface area (Å²) in [4.78, 5) is 18.2. The molecule has 142 valence electrons. The van der Waals surface area contributed by atoms with Crippen LogP contribution in [0.15, 0.2) is 39.7 Å². The van der Waals surface area contributed by atoms with Gasteiger partial charge in [0.25, 0.3) is 0 Å². The molecule has 2 aromatic rings. The van der Waals surface area contributed by atoms with Crippen LogP contribution in [0.25, 0.3) is 11.0 Å². The maximum atomic E-state index is 11.6. The number of ether oxygens (including phenoxy) is 1. The second-order valence-electron chi connectivity index (χ2n) is 6.26. The van der Waals surface area contributed by atoms with Gasteiger partial charge < -0.3 is 19.4 Å². The number of furan rings is 1. The lowest BCUT2D eigenvalue weighted by molar-refractivity contribution is -0.146. The van der Waals surface area contributed by atoms with E-state index >= 15 is 0 Å². The van der Waals surface area contributed by atoms with Crippen LogP contribution in [0.4, 0.5) is 0 Å². The summed E-state index contributed by atoms with van der Waals surface area (Å²) >= 11 is 0. The van der Waals surface area contributed by atoms with Crippen LogP contribution in [0.5, 0.6) is 0 Å². The Labute approximate surface area is 171 Å². The number of carbonyl (C=O) groups excluding carboxylic acids is 1. The van der Waals surface area contributed by atoms with Crippen LogP contribution in [-0.4, -0.2) is 50.6 Å². The minimum atomic E-state index is -0.104. The Morgan fingerprint density at radius 1 is 1.35 bits per heavy atom. The molecule has 0 aliphatic carbocycles. The number of carbonyl (C=O) groups is 1. The standard InChI is InChI=1S/C19H25N3O3.HI/c1-20-19(22-11-8-14(9-12-22)18(23)24-2)21-10-7-16-13-15-5-3-4-6-17(15)25-16;/h3-6,13-14H,7-12H2,1-2H3,(H,20,21);1H. The lowest BCUT2D eigenvalue weighted by Gasteiger charge is -2.33. The largest absolute Gasteiger partial charge is 0.469 e. The van der Waals surface area contributed by atoms with E-state index in [0.717, 1.165) is 61.6 Å². The molecule has 1 aromatic heterocycles. The first-order valence-corrected chi connectivity index (χ1v) is 8.72. The molecule has 1 fully saturated rings. The fourth-order valence-corrected chi connectivity index (χ4v) is 3.28. The molecule has 6 nitrogen and oxygen atoms in total. The molecule has 0 atom stereocenters. The van der Waals surface area contributed by atoms with Gasteiger partial charge in [-0.2, -0.15) is 0 Å². The van der Waals surface area contributed by atoms with Gasteiger partial charge in [0.2, 0.25) is 0 Å². The Morgan fingerprint density at radius 3 is 2.73 bits per heavy atom. The molecule has 0 spiro atoms. The van der Waals surface area contributed by atoms with Crippen molar-refractivity contribution in [2.45, 2.75) is 19.3 Å². The van der Waals surface area contributed by atoms with Crippen molar-refractivity contribution in [1.82, 2.24) is 10.2 Å². The van der Waals surface area contributed by atoms with E-state index in [1.165, 1.54) is 7.11 Å². The van der Waals surface area contributed by atoms with Gasteiger partial charge in [-0.1, -0.05) is 18.2 Å². The molecule has 26 heavy (non-hydrogen) atoms. The fraction of sp³-hybridized carbons (Fsp3) is 0.474. The first-order valence-electron chi connectivity index (χ1n) is 8.72. The van der Waals surface area contributed by atoms with Crippen LogP contribution in [0.2, 0.25) is 0 Å². The molecule has 1 aliphatic rings. The second kappa shape index (κ2) is 9.80. The summed E-state index contributed by atoms with van der Waals surface area (Å²) < 4.78 is 10.7. The molecule has 0 bridgehead atoms. The summed E-state index contributed by atoms with van der Waals surface area (Å²) in [6.07, 6.45) is 2.40. The number of guanidine groups is 1. The molecule has 0 amide bonds. The highest BCUT2D eigenvalue weighted by molar-refractivity contribution is 14.0. The summed E-state index contributed by atoms with van der Waals surface area (Å²) in [7, 11) is 3.24. The Balaban J connectivity index is 0.00000243. The van der Waals surface area contributed by atoms with Crippen LogP contribution in [0, 0.1) is 5.92 Å². The monoisotopic (exact) mass is 471 g/mol. The van der Waals surface area contributed by atoms with E-state index in [4.69, 9.17) is 9.15 Å². The normalized spacial score (nSPS) is 15.6. The molecule has 1 N–H and O–H groups in total. The van der Waals surface area contributed by atoms with Gasteiger partial charge in [-0.05, 0) is 25.0 Å². The van der Waals surface area contributed by atoms with Crippen LogP contribution in [0.3, 0.4) is 0 Å². The van der Waals surface area contributed by atoms with Crippen molar-refractivity contribution in [2.75, 3.05) is 33.8 Å². The average molecular weight is 471 g/mol. The number of fused-ring (bicyclic) bond motifs is 1. The number of rotatable bonds is 4. The Bertz CT molecular complexity index is 718. The van der Waals surface area contributed by atoms with E-state index in [2.05, 4.69) is 27.3 Å². The van der Waals surface area contributed by atoms with Crippen molar-refractivity contribution in [3.05, 3.63) is 36.1 Å². The van der Waals surface area contributed by atoms with Gasteiger partial charge in [-0.15, -0.1) is 24.0 Å². The van der Waals surface area contributed by atoms with Crippen LogP contribution >= 0.6 is 24.0 Å². The lowest BCUT2D eigenvalue weighted by Crippen LogP contribution is -2.47. The molecule has 1 saturated heterocycles. The zero-order valence-electron chi connectivity index (χ0n) is 15.2. The number of nitrogens with one attached hydrogen (secondary N) is 1. The van der Waals surface area contributed by atoms with Crippen LogP contribution < -0.4 is 5.32 Å². The molecule has 1 aromatic carbocycles. The van der Waals surface area contributed by atoms with Crippen LogP contribution in [-0.2, 0) is 16.0 Å². The van der Waals surface area contributed by atoms with E-state index in [-0.39, 0.29) is 35.9 Å². The molecule has 2 heterocycles. The van der Waals surface area contributed by atoms with Crippen molar-refractivity contribution in [3.63, 3.8) is 0 Å². The smallest absolute Gasteiger partial charge is 0.308 e. The predicted molar refractivity (Wildman–Crippen MR) is 113 cm³/mol. The topological polar surface area (TPSA) is 67.1 Å². The number of hydrogen-bond acceptors (Lipinski definition) is 4. The Hall–Kier alpha value is -1.77. The third-order valence-electron chi connectivity index (χ3n) is 4.67. The second-order valence-corrected chi connectivity index (χ2v) is 6.26.